The van der Waals surface area contributed by atoms with Gasteiger partial charge in [0.25, 0.3) is 5.91 Å². The Morgan fingerprint density at radius 1 is 1.35 bits per heavy atom. The van der Waals surface area contributed by atoms with Gasteiger partial charge in [-0.25, -0.2) is 10.8 Å². The van der Waals surface area contributed by atoms with Crippen LogP contribution in [0.15, 0.2) is 40.9 Å². The Morgan fingerprint density at radius 2 is 2.15 bits per heavy atom. The van der Waals surface area contributed by atoms with Crippen LogP contribution >= 0.6 is 27.5 Å². The van der Waals surface area contributed by atoms with Gasteiger partial charge >= 0.3 is 0 Å². The summed E-state index contributed by atoms with van der Waals surface area (Å²) in [4.78, 5) is 16.1. The van der Waals surface area contributed by atoms with Crippen molar-refractivity contribution >= 4 is 39.3 Å². The highest BCUT2D eigenvalue weighted by Crippen LogP contribution is 2.16. The Kier molecular flexibility index (Phi) is 4.94. The molecule has 4 N–H and O–H groups in total. The first-order valence-electron chi connectivity index (χ1n) is 5.76. The zero-order valence-corrected chi connectivity index (χ0v) is 12.7. The zero-order chi connectivity index (χ0) is 14.5. The number of hydrogen-bond donors (Lipinski definition) is 3. The van der Waals surface area contributed by atoms with Crippen molar-refractivity contribution in [3.63, 3.8) is 0 Å². The van der Waals surface area contributed by atoms with Crippen LogP contribution in [0.1, 0.15) is 16.1 Å². The second-order valence-electron chi connectivity index (χ2n) is 3.98. The van der Waals surface area contributed by atoms with Crippen molar-refractivity contribution in [2.24, 2.45) is 5.84 Å². The molecule has 104 valence electrons. The summed E-state index contributed by atoms with van der Waals surface area (Å²) in [5, 5.41) is 3.03. The summed E-state index contributed by atoms with van der Waals surface area (Å²) < 4.78 is 0.953. The van der Waals surface area contributed by atoms with E-state index in [2.05, 4.69) is 31.7 Å². The number of nitrogens with one attached hydrogen (secondary N) is 2. The first-order valence-corrected chi connectivity index (χ1v) is 6.93. The van der Waals surface area contributed by atoms with Gasteiger partial charge in [-0.15, -0.1) is 0 Å². The molecule has 0 unspecified atom stereocenters. The van der Waals surface area contributed by atoms with Crippen molar-refractivity contribution in [1.82, 2.24) is 10.3 Å². The number of anilines is 1. The minimum absolute atomic E-state index is 0.136. The maximum absolute atomic E-state index is 12.1. The fraction of sp³-hybridized carbons (Fsp3) is 0.0769. The van der Waals surface area contributed by atoms with Gasteiger partial charge in [-0.2, -0.15) is 0 Å². The number of halogens is 2. The molecule has 2 rings (SSSR count). The van der Waals surface area contributed by atoms with Gasteiger partial charge in [0.2, 0.25) is 0 Å². The van der Waals surface area contributed by atoms with E-state index in [-0.39, 0.29) is 16.6 Å². The molecule has 5 nitrogen and oxygen atoms in total. The highest BCUT2D eigenvalue weighted by Gasteiger charge is 2.12. The fourth-order valence-electron chi connectivity index (χ4n) is 1.59. The number of nitrogen functional groups attached to an aromatic ring is 1. The molecule has 0 saturated heterocycles. The van der Waals surface area contributed by atoms with Crippen molar-refractivity contribution in [2.75, 3.05) is 5.43 Å². The molecule has 0 aliphatic rings. The van der Waals surface area contributed by atoms with Gasteiger partial charge in [-0.1, -0.05) is 39.7 Å². The largest absolute Gasteiger partial charge is 0.347 e. The standard InChI is InChI=1S/C13H12BrClN4O/c14-9-3-1-2-8(6-9)7-17-13(20)12-10(15)4-5-11(18-12)19-16/h1-6H,7,16H2,(H,17,20)(H,18,19). The lowest BCUT2D eigenvalue weighted by Gasteiger charge is -2.08. The summed E-state index contributed by atoms with van der Waals surface area (Å²) in [5.74, 6) is 5.28. The molecular weight excluding hydrogens is 344 g/mol. The number of pyridine rings is 1. The van der Waals surface area contributed by atoms with Crippen molar-refractivity contribution in [3.8, 4) is 0 Å². The lowest BCUT2D eigenvalue weighted by Crippen LogP contribution is -2.24. The van der Waals surface area contributed by atoms with Gasteiger partial charge in [0, 0.05) is 11.0 Å². The average molecular weight is 356 g/mol. The second kappa shape index (κ2) is 6.69. The number of rotatable bonds is 4. The van der Waals surface area contributed by atoms with Gasteiger partial charge in [-0.3, -0.25) is 4.79 Å². The van der Waals surface area contributed by atoms with E-state index in [1.165, 1.54) is 0 Å². The van der Waals surface area contributed by atoms with Gasteiger partial charge in [0.1, 0.15) is 11.5 Å². The molecular formula is C13H12BrClN4O. The quantitative estimate of drug-likeness (QED) is 0.582. The highest BCUT2D eigenvalue weighted by molar-refractivity contribution is 9.10. The van der Waals surface area contributed by atoms with Crippen molar-refractivity contribution in [3.05, 3.63) is 57.2 Å². The smallest absolute Gasteiger partial charge is 0.271 e. The van der Waals surface area contributed by atoms with Crippen LogP contribution < -0.4 is 16.6 Å². The number of aromatic nitrogens is 1. The molecule has 20 heavy (non-hydrogen) atoms. The number of carbonyl (C=O) groups excluding carboxylic acids is 1. The average Bonchev–Trinajstić information content (AvgIpc) is 2.45. The second-order valence-corrected chi connectivity index (χ2v) is 5.31. The van der Waals surface area contributed by atoms with Crippen LogP contribution in [-0.2, 0) is 6.54 Å². The number of hydrazine groups is 1. The number of hydrogen-bond acceptors (Lipinski definition) is 4. The molecule has 7 heteroatoms. The summed E-state index contributed by atoms with van der Waals surface area (Å²) in [6, 6.07) is 10.8. The molecule has 2 aromatic rings. The van der Waals surface area contributed by atoms with E-state index in [1.807, 2.05) is 24.3 Å². The maximum atomic E-state index is 12.1. The van der Waals surface area contributed by atoms with Crippen molar-refractivity contribution in [2.45, 2.75) is 6.54 Å². The Labute approximate surface area is 129 Å². The van der Waals surface area contributed by atoms with Crippen LogP contribution in [0.2, 0.25) is 5.02 Å². The van der Waals surface area contributed by atoms with Gasteiger partial charge in [0.15, 0.2) is 0 Å². The predicted octanol–water partition coefficient (Wildman–Crippen LogP) is 2.71. The molecule has 1 aromatic carbocycles. The predicted molar refractivity (Wildman–Crippen MR) is 82.4 cm³/mol. The lowest BCUT2D eigenvalue weighted by atomic mass is 10.2. The first-order chi connectivity index (χ1) is 9.60. The first kappa shape index (κ1) is 14.8. The third-order valence-corrected chi connectivity index (χ3v) is 3.35. The minimum Gasteiger partial charge on any atom is -0.347 e. The fourth-order valence-corrected chi connectivity index (χ4v) is 2.23. The van der Waals surface area contributed by atoms with Crippen LogP contribution in [0.25, 0.3) is 0 Å². The Hall–Kier alpha value is -1.63. The molecule has 1 heterocycles. The van der Waals surface area contributed by atoms with Crippen LogP contribution in [-0.4, -0.2) is 10.9 Å². The van der Waals surface area contributed by atoms with E-state index in [0.29, 0.717) is 12.4 Å². The summed E-state index contributed by atoms with van der Waals surface area (Å²) in [6.45, 7) is 0.385. The highest BCUT2D eigenvalue weighted by atomic mass is 79.9. The zero-order valence-electron chi connectivity index (χ0n) is 10.4. The number of nitrogens with zero attached hydrogens (tertiary/aromatic N) is 1. The monoisotopic (exact) mass is 354 g/mol. The van der Waals surface area contributed by atoms with E-state index in [4.69, 9.17) is 17.4 Å². The molecule has 0 saturated carbocycles. The van der Waals surface area contributed by atoms with Gasteiger partial charge in [0.05, 0.1) is 5.02 Å². The Bertz CT molecular complexity index is 636. The molecule has 0 spiro atoms. The molecule has 1 aromatic heterocycles. The SMILES string of the molecule is NNc1ccc(Cl)c(C(=O)NCc2cccc(Br)c2)n1. The normalized spacial score (nSPS) is 10.2. The summed E-state index contributed by atoms with van der Waals surface area (Å²) in [5.41, 5.74) is 3.48. The Balaban J connectivity index is 2.08. The third kappa shape index (κ3) is 3.69. The van der Waals surface area contributed by atoms with E-state index in [0.717, 1.165) is 10.0 Å². The van der Waals surface area contributed by atoms with Crippen molar-refractivity contribution < 1.29 is 4.79 Å². The molecule has 0 atom stereocenters. The van der Waals surface area contributed by atoms with Crippen LogP contribution in [0, 0.1) is 0 Å². The molecule has 0 radical (unpaired) electrons. The van der Waals surface area contributed by atoms with E-state index in [9.17, 15) is 4.79 Å². The number of amides is 1. The minimum atomic E-state index is -0.355. The van der Waals surface area contributed by atoms with E-state index < -0.39 is 0 Å². The molecule has 0 fully saturated rings. The number of nitrogens with two attached hydrogens (primary N) is 1. The summed E-state index contributed by atoms with van der Waals surface area (Å²) >= 11 is 9.33. The van der Waals surface area contributed by atoms with E-state index >= 15 is 0 Å². The Morgan fingerprint density at radius 3 is 2.85 bits per heavy atom. The number of carbonyl (C=O) groups is 1. The molecule has 0 aliphatic heterocycles. The maximum Gasteiger partial charge on any atom is 0.271 e. The van der Waals surface area contributed by atoms with Crippen LogP contribution in [0.5, 0.6) is 0 Å². The van der Waals surface area contributed by atoms with Crippen LogP contribution in [0.4, 0.5) is 5.82 Å². The summed E-state index contributed by atoms with van der Waals surface area (Å²) in [6.07, 6.45) is 0. The van der Waals surface area contributed by atoms with Crippen LogP contribution in [0.3, 0.4) is 0 Å². The third-order valence-electron chi connectivity index (χ3n) is 2.55. The molecule has 0 aliphatic carbocycles. The van der Waals surface area contributed by atoms with Gasteiger partial charge < -0.3 is 10.7 Å². The number of benzene rings is 1. The summed E-state index contributed by atoms with van der Waals surface area (Å²) in [7, 11) is 0. The van der Waals surface area contributed by atoms with Crippen molar-refractivity contribution in [1.29, 1.82) is 0 Å². The molecule has 0 bridgehead atoms. The van der Waals surface area contributed by atoms with Gasteiger partial charge in [-0.05, 0) is 29.8 Å². The molecule has 1 amide bonds. The van der Waals surface area contributed by atoms with E-state index in [1.54, 1.807) is 12.1 Å². The topological polar surface area (TPSA) is 80.0 Å². The lowest BCUT2D eigenvalue weighted by molar-refractivity contribution is 0.0946.